The normalized spacial score (nSPS) is 11.0. The van der Waals surface area contributed by atoms with Gasteiger partial charge in [-0.2, -0.15) is 12.6 Å². The standard InChI is InChI=1S/C24H42O4S/c1-2-3-4-5-6-7-8-9-10-11-16-27-23-12-14-24(15-13-23)28-20-19-25-17-18-26-21-22-29/h12-15,29H,2-11,16-22H2,1H3. The SMILES string of the molecule is CCCCCCCCCCCCOc1ccc(OCCOCCOCCS)cc1. The minimum Gasteiger partial charge on any atom is -0.494 e. The fourth-order valence-electron chi connectivity index (χ4n) is 3.02. The van der Waals surface area contributed by atoms with Crippen molar-refractivity contribution in [3.63, 3.8) is 0 Å². The third-order valence-electron chi connectivity index (χ3n) is 4.69. The summed E-state index contributed by atoms with van der Waals surface area (Å²) in [4.78, 5) is 0. The first-order valence-corrected chi connectivity index (χ1v) is 12.1. The van der Waals surface area contributed by atoms with Crippen molar-refractivity contribution in [1.82, 2.24) is 0 Å². The fourth-order valence-corrected chi connectivity index (χ4v) is 3.15. The van der Waals surface area contributed by atoms with Crippen LogP contribution >= 0.6 is 12.6 Å². The maximum atomic E-state index is 5.82. The van der Waals surface area contributed by atoms with E-state index in [1.807, 2.05) is 24.3 Å². The maximum absolute atomic E-state index is 5.82. The van der Waals surface area contributed by atoms with Crippen molar-refractivity contribution in [2.75, 3.05) is 45.4 Å². The smallest absolute Gasteiger partial charge is 0.119 e. The minimum atomic E-state index is 0.533. The molecule has 4 nitrogen and oxygen atoms in total. The number of hydrogen-bond donors (Lipinski definition) is 1. The van der Waals surface area contributed by atoms with Crippen LogP contribution in [0.2, 0.25) is 0 Å². The van der Waals surface area contributed by atoms with Crippen LogP contribution in [0.25, 0.3) is 0 Å². The van der Waals surface area contributed by atoms with E-state index in [0.717, 1.165) is 30.3 Å². The van der Waals surface area contributed by atoms with Gasteiger partial charge in [-0.05, 0) is 30.7 Å². The second-order valence-corrected chi connectivity index (χ2v) is 7.75. The molecule has 0 heterocycles. The van der Waals surface area contributed by atoms with Crippen molar-refractivity contribution in [3.8, 4) is 11.5 Å². The van der Waals surface area contributed by atoms with Gasteiger partial charge >= 0.3 is 0 Å². The molecule has 0 saturated heterocycles. The predicted molar refractivity (Wildman–Crippen MR) is 125 cm³/mol. The summed E-state index contributed by atoms with van der Waals surface area (Å²) in [7, 11) is 0. The number of ether oxygens (including phenoxy) is 4. The summed E-state index contributed by atoms with van der Waals surface area (Å²) < 4.78 is 22.2. The molecule has 0 saturated carbocycles. The Bertz CT molecular complexity index is 453. The summed E-state index contributed by atoms with van der Waals surface area (Å²) in [5.41, 5.74) is 0. The predicted octanol–water partition coefficient (Wildman–Crippen LogP) is 6.33. The average Bonchev–Trinajstić information content (AvgIpc) is 2.75. The van der Waals surface area contributed by atoms with Crippen LogP contribution in [0.1, 0.15) is 71.1 Å². The van der Waals surface area contributed by atoms with Gasteiger partial charge in [-0.15, -0.1) is 0 Å². The molecule has 0 aliphatic rings. The Kier molecular flexibility index (Phi) is 18.3. The third kappa shape index (κ3) is 16.6. The van der Waals surface area contributed by atoms with Crippen molar-refractivity contribution in [3.05, 3.63) is 24.3 Å². The van der Waals surface area contributed by atoms with E-state index in [-0.39, 0.29) is 0 Å². The van der Waals surface area contributed by atoms with Crippen LogP contribution in [0.3, 0.4) is 0 Å². The van der Waals surface area contributed by atoms with E-state index in [1.165, 1.54) is 57.8 Å². The summed E-state index contributed by atoms with van der Waals surface area (Å²) in [5, 5.41) is 0. The molecule has 1 rings (SSSR count). The summed E-state index contributed by atoms with van der Waals surface area (Å²) in [5.74, 6) is 2.49. The number of benzene rings is 1. The molecule has 0 bridgehead atoms. The Balaban J connectivity index is 1.92. The van der Waals surface area contributed by atoms with Gasteiger partial charge in [0.05, 0.1) is 33.0 Å². The van der Waals surface area contributed by atoms with Gasteiger partial charge in [0, 0.05) is 5.75 Å². The molecule has 0 fully saturated rings. The van der Waals surface area contributed by atoms with Crippen molar-refractivity contribution in [2.45, 2.75) is 71.1 Å². The summed E-state index contributed by atoms with van der Waals surface area (Å²) >= 11 is 4.08. The molecular formula is C24H42O4S. The first-order valence-electron chi connectivity index (χ1n) is 11.5. The zero-order valence-electron chi connectivity index (χ0n) is 18.4. The van der Waals surface area contributed by atoms with E-state index < -0.39 is 0 Å². The fraction of sp³-hybridized carbons (Fsp3) is 0.750. The largest absolute Gasteiger partial charge is 0.494 e. The van der Waals surface area contributed by atoms with Crippen LogP contribution in [0.5, 0.6) is 11.5 Å². The second kappa shape index (κ2) is 20.4. The van der Waals surface area contributed by atoms with E-state index in [2.05, 4.69) is 19.6 Å². The highest BCUT2D eigenvalue weighted by atomic mass is 32.1. The molecule has 0 aliphatic carbocycles. The Morgan fingerprint density at radius 3 is 1.55 bits per heavy atom. The molecule has 0 radical (unpaired) electrons. The van der Waals surface area contributed by atoms with Gasteiger partial charge in [0.15, 0.2) is 0 Å². The van der Waals surface area contributed by atoms with Crippen molar-refractivity contribution in [1.29, 1.82) is 0 Å². The number of unbranched alkanes of at least 4 members (excludes halogenated alkanes) is 9. The van der Waals surface area contributed by atoms with Gasteiger partial charge in [0.1, 0.15) is 18.1 Å². The molecule has 1 aromatic carbocycles. The first kappa shape index (κ1) is 26.1. The van der Waals surface area contributed by atoms with Crippen LogP contribution in [0, 0.1) is 0 Å². The maximum Gasteiger partial charge on any atom is 0.119 e. The Morgan fingerprint density at radius 1 is 0.552 bits per heavy atom. The molecule has 1 aromatic rings. The molecule has 0 N–H and O–H groups in total. The van der Waals surface area contributed by atoms with Gasteiger partial charge in [0.25, 0.3) is 0 Å². The molecule has 0 unspecified atom stereocenters. The van der Waals surface area contributed by atoms with Gasteiger partial charge in [-0.3, -0.25) is 0 Å². The molecule has 168 valence electrons. The lowest BCUT2D eigenvalue weighted by Crippen LogP contribution is -2.11. The number of thiol groups is 1. The average molecular weight is 427 g/mol. The van der Waals surface area contributed by atoms with Crippen LogP contribution in [0.15, 0.2) is 24.3 Å². The molecular weight excluding hydrogens is 384 g/mol. The van der Waals surface area contributed by atoms with E-state index >= 15 is 0 Å². The van der Waals surface area contributed by atoms with E-state index in [4.69, 9.17) is 18.9 Å². The van der Waals surface area contributed by atoms with Crippen LogP contribution < -0.4 is 9.47 Å². The molecule has 0 spiro atoms. The Labute approximate surface area is 184 Å². The summed E-state index contributed by atoms with van der Waals surface area (Å²) in [6.07, 6.45) is 13.4. The highest BCUT2D eigenvalue weighted by Crippen LogP contribution is 2.18. The molecule has 5 heteroatoms. The quantitative estimate of drug-likeness (QED) is 0.184. The van der Waals surface area contributed by atoms with Crippen LogP contribution in [-0.2, 0) is 9.47 Å². The zero-order valence-corrected chi connectivity index (χ0v) is 19.3. The molecule has 0 amide bonds. The lowest BCUT2D eigenvalue weighted by Gasteiger charge is -2.09. The van der Waals surface area contributed by atoms with Crippen LogP contribution in [-0.4, -0.2) is 45.4 Å². The van der Waals surface area contributed by atoms with Gasteiger partial charge < -0.3 is 18.9 Å². The molecule has 0 atom stereocenters. The Hall–Kier alpha value is -0.910. The molecule has 0 aromatic heterocycles. The van der Waals surface area contributed by atoms with Crippen molar-refractivity contribution < 1.29 is 18.9 Å². The Morgan fingerprint density at radius 2 is 1.00 bits per heavy atom. The monoisotopic (exact) mass is 426 g/mol. The van der Waals surface area contributed by atoms with Gasteiger partial charge in [-0.25, -0.2) is 0 Å². The highest BCUT2D eigenvalue weighted by Gasteiger charge is 1.98. The first-order chi connectivity index (χ1) is 14.4. The number of hydrogen-bond acceptors (Lipinski definition) is 5. The van der Waals surface area contributed by atoms with Crippen LogP contribution in [0.4, 0.5) is 0 Å². The zero-order chi connectivity index (χ0) is 20.8. The van der Waals surface area contributed by atoms with Crippen molar-refractivity contribution in [2.24, 2.45) is 0 Å². The molecule has 0 aliphatic heterocycles. The number of rotatable bonds is 21. The van der Waals surface area contributed by atoms with Crippen molar-refractivity contribution >= 4 is 12.6 Å². The lowest BCUT2D eigenvalue weighted by atomic mass is 10.1. The lowest BCUT2D eigenvalue weighted by molar-refractivity contribution is 0.0413. The second-order valence-electron chi connectivity index (χ2n) is 7.30. The van der Waals surface area contributed by atoms with E-state index in [1.54, 1.807) is 0 Å². The van der Waals surface area contributed by atoms with E-state index in [0.29, 0.717) is 33.0 Å². The van der Waals surface area contributed by atoms with Gasteiger partial charge in [0.2, 0.25) is 0 Å². The van der Waals surface area contributed by atoms with E-state index in [9.17, 15) is 0 Å². The third-order valence-corrected chi connectivity index (χ3v) is 4.88. The van der Waals surface area contributed by atoms with Gasteiger partial charge in [-0.1, -0.05) is 64.7 Å². The topological polar surface area (TPSA) is 36.9 Å². The summed E-state index contributed by atoms with van der Waals surface area (Å²) in [6.45, 7) is 6.00. The minimum absolute atomic E-state index is 0.533. The molecule has 29 heavy (non-hydrogen) atoms. The highest BCUT2D eigenvalue weighted by molar-refractivity contribution is 7.80. The summed E-state index contributed by atoms with van der Waals surface area (Å²) in [6, 6.07) is 7.84.